The maximum atomic E-state index is 13.1. The molecule has 2 aromatic rings. The van der Waals surface area contributed by atoms with Crippen LogP contribution in [0.25, 0.3) is 0 Å². The number of benzene rings is 2. The van der Waals surface area contributed by atoms with Crippen molar-refractivity contribution in [2.75, 3.05) is 7.11 Å². The summed E-state index contributed by atoms with van der Waals surface area (Å²) in [6.07, 6.45) is -0.324. The Bertz CT molecular complexity index is 617. The number of methoxy groups -OCH3 is 1. The summed E-state index contributed by atoms with van der Waals surface area (Å²) in [6, 6.07) is 9.85. The highest BCUT2D eigenvalue weighted by Gasteiger charge is 2.14. The Kier molecular flexibility index (Phi) is 5.18. The molecule has 0 saturated carbocycles. The summed E-state index contributed by atoms with van der Waals surface area (Å²) < 4.78 is 19.7. The number of rotatable bonds is 4. The van der Waals surface area contributed by atoms with E-state index in [1.807, 2.05) is 18.2 Å². The lowest BCUT2D eigenvalue weighted by Gasteiger charge is -2.15. The molecule has 2 aromatic carbocycles. The van der Waals surface area contributed by atoms with Crippen LogP contribution in [-0.2, 0) is 6.42 Å². The second kappa shape index (κ2) is 6.70. The summed E-state index contributed by atoms with van der Waals surface area (Å²) in [7, 11) is 1.60. The SMILES string of the molecule is COc1ccc(Br)c(CC(O)c2ccc(F)cc2Br)c1. The van der Waals surface area contributed by atoms with Gasteiger partial charge in [-0.2, -0.15) is 0 Å². The predicted octanol–water partition coefficient (Wildman–Crippen LogP) is 4.64. The van der Waals surface area contributed by atoms with Crippen molar-refractivity contribution < 1.29 is 14.2 Å². The fourth-order valence-corrected chi connectivity index (χ4v) is 2.95. The van der Waals surface area contributed by atoms with Gasteiger partial charge in [-0.15, -0.1) is 0 Å². The minimum absolute atomic E-state index is 0.338. The molecule has 1 N–H and O–H groups in total. The number of halogens is 3. The summed E-state index contributed by atoms with van der Waals surface area (Å²) in [5, 5.41) is 10.3. The molecule has 0 aliphatic carbocycles. The average Bonchev–Trinajstić information content (AvgIpc) is 2.41. The summed E-state index contributed by atoms with van der Waals surface area (Å²) in [5.41, 5.74) is 1.58. The molecule has 5 heteroatoms. The van der Waals surface area contributed by atoms with Gasteiger partial charge in [0.2, 0.25) is 0 Å². The first kappa shape index (κ1) is 15.5. The Hall–Kier alpha value is -0.910. The molecule has 2 rings (SSSR count). The maximum Gasteiger partial charge on any atom is 0.124 e. The molecule has 106 valence electrons. The van der Waals surface area contributed by atoms with Crippen molar-refractivity contribution in [2.45, 2.75) is 12.5 Å². The van der Waals surface area contributed by atoms with Crippen LogP contribution in [0.1, 0.15) is 17.2 Å². The molecule has 1 atom stereocenters. The van der Waals surface area contributed by atoms with Crippen molar-refractivity contribution in [3.63, 3.8) is 0 Å². The van der Waals surface area contributed by atoms with Crippen LogP contribution in [-0.4, -0.2) is 12.2 Å². The van der Waals surface area contributed by atoms with Gasteiger partial charge in [-0.3, -0.25) is 0 Å². The molecule has 0 radical (unpaired) electrons. The molecule has 20 heavy (non-hydrogen) atoms. The third-order valence-electron chi connectivity index (χ3n) is 2.99. The molecule has 0 aliphatic rings. The van der Waals surface area contributed by atoms with E-state index in [2.05, 4.69) is 31.9 Å². The van der Waals surface area contributed by atoms with Crippen LogP contribution in [0.4, 0.5) is 4.39 Å². The van der Waals surface area contributed by atoms with Gasteiger partial charge in [0, 0.05) is 15.4 Å². The molecule has 1 unspecified atom stereocenters. The van der Waals surface area contributed by atoms with E-state index in [0.29, 0.717) is 16.5 Å². The quantitative estimate of drug-likeness (QED) is 0.805. The van der Waals surface area contributed by atoms with Gasteiger partial charge in [-0.1, -0.05) is 37.9 Å². The number of hydrogen-bond donors (Lipinski definition) is 1. The van der Waals surface area contributed by atoms with Crippen molar-refractivity contribution in [1.82, 2.24) is 0 Å². The van der Waals surface area contributed by atoms with E-state index in [9.17, 15) is 9.50 Å². The van der Waals surface area contributed by atoms with Gasteiger partial charge in [0.1, 0.15) is 11.6 Å². The van der Waals surface area contributed by atoms with Crippen LogP contribution in [0, 0.1) is 5.82 Å². The van der Waals surface area contributed by atoms with Crippen LogP contribution in [0.5, 0.6) is 5.75 Å². The van der Waals surface area contributed by atoms with Crippen LogP contribution in [0.15, 0.2) is 45.3 Å². The zero-order valence-corrected chi connectivity index (χ0v) is 13.9. The second-order valence-electron chi connectivity index (χ2n) is 4.34. The Balaban J connectivity index is 2.25. The molecule has 0 spiro atoms. The zero-order chi connectivity index (χ0) is 14.7. The van der Waals surface area contributed by atoms with Crippen molar-refractivity contribution in [1.29, 1.82) is 0 Å². The molecule has 0 aromatic heterocycles. The highest BCUT2D eigenvalue weighted by Crippen LogP contribution is 2.30. The largest absolute Gasteiger partial charge is 0.497 e. The third kappa shape index (κ3) is 3.59. The minimum Gasteiger partial charge on any atom is -0.497 e. The highest BCUT2D eigenvalue weighted by atomic mass is 79.9. The Morgan fingerprint density at radius 1 is 1.15 bits per heavy atom. The average molecular weight is 404 g/mol. The van der Waals surface area contributed by atoms with Crippen molar-refractivity contribution >= 4 is 31.9 Å². The van der Waals surface area contributed by atoms with Crippen LogP contribution in [0.3, 0.4) is 0 Å². The molecule has 2 nitrogen and oxygen atoms in total. The van der Waals surface area contributed by atoms with Crippen molar-refractivity contribution in [2.24, 2.45) is 0 Å². The smallest absolute Gasteiger partial charge is 0.124 e. The van der Waals surface area contributed by atoms with Crippen molar-refractivity contribution in [3.05, 3.63) is 62.3 Å². The maximum absolute atomic E-state index is 13.1. The molecule has 0 saturated heterocycles. The fraction of sp³-hybridized carbons (Fsp3) is 0.200. The molecule has 0 amide bonds. The molecule has 0 fully saturated rings. The number of aliphatic hydroxyl groups excluding tert-OH is 1. The van der Waals surface area contributed by atoms with Gasteiger partial charge in [-0.05, 0) is 41.5 Å². The van der Waals surface area contributed by atoms with Gasteiger partial charge in [0.15, 0.2) is 0 Å². The highest BCUT2D eigenvalue weighted by molar-refractivity contribution is 9.10. The predicted molar refractivity (Wildman–Crippen MR) is 83.5 cm³/mol. The van der Waals surface area contributed by atoms with Gasteiger partial charge in [0.05, 0.1) is 13.2 Å². The molecule has 0 aliphatic heterocycles. The van der Waals surface area contributed by atoms with E-state index in [1.165, 1.54) is 12.1 Å². The van der Waals surface area contributed by atoms with E-state index in [1.54, 1.807) is 13.2 Å². The molecule has 0 heterocycles. The number of aliphatic hydroxyl groups is 1. The third-order valence-corrected chi connectivity index (χ3v) is 4.45. The first-order valence-corrected chi connectivity index (χ1v) is 7.55. The molecular weight excluding hydrogens is 391 g/mol. The second-order valence-corrected chi connectivity index (χ2v) is 6.05. The number of ether oxygens (including phenoxy) is 1. The number of hydrogen-bond acceptors (Lipinski definition) is 2. The van der Waals surface area contributed by atoms with E-state index >= 15 is 0 Å². The summed E-state index contributed by atoms with van der Waals surface area (Å²) in [5.74, 6) is 0.393. The fourth-order valence-electron chi connectivity index (χ4n) is 1.92. The Labute approximate surface area is 133 Å². The molecule has 0 bridgehead atoms. The van der Waals surface area contributed by atoms with Crippen LogP contribution in [0.2, 0.25) is 0 Å². The Morgan fingerprint density at radius 3 is 2.55 bits per heavy atom. The lowest BCUT2D eigenvalue weighted by atomic mass is 10.0. The topological polar surface area (TPSA) is 29.5 Å². The lowest BCUT2D eigenvalue weighted by Crippen LogP contribution is -2.04. The standard InChI is InChI=1S/C15H13Br2FO2/c1-20-11-3-5-13(16)9(6-11)7-15(19)12-4-2-10(18)8-14(12)17/h2-6,8,15,19H,7H2,1H3. The van der Waals surface area contributed by atoms with E-state index in [-0.39, 0.29) is 5.82 Å². The Morgan fingerprint density at radius 2 is 1.90 bits per heavy atom. The van der Waals surface area contributed by atoms with Crippen LogP contribution >= 0.6 is 31.9 Å². The summed E-state index contributed by atoms with van der Waals surface area (Å²) in [6.45, 7) is 0. The lowest BCUT2D eigenvalue weighted by molar-refractivity contribution is 0.177. The van der Waals surface area contributed by atoms with Gasteiger partial charge in [-0.25, -0.2) is 4.39 Å². The first-order valence-electron chi connectivity index (χ1n) is 5.96. The minimum atomic E-state index is -0.728. The summed E-state index contributed by atoms with van der Waals surface area (Å²) >= 11 is 6.72. The first-order chi connectivity index (χ1) is 9.51. The molecular formula is C15H13Br2FO2. The van der Waals surface area contributed by atoms with Crippen molar-refractivity contribution in [3.8, 4) is 5.75 Å². The van der Waals surface area contributed by atoms with Gasteiger partial charge in [0.25, 0.3) is 0 Å². The van der Waals surface area contributed by atoms with Gasteiger partial charge < -0.3 is 9.84 Å². The normalized spacial score (nSPS) is 12.2. The zero-order valence-electron chi connectivity index (χ0n) is 10.7. The van der Waals surface area contributed by atoms with Crippen LogP contribution < -0.4 is 4.74 Å². The van der Waals surface area contributed by atoms with E-state index in [4.69, 9.17) is 4.74 Å². The van der Waals surface area contributed by atoms with E-state index < -0.39 is 6.10 Å². The summed E-state index contributed by atoms with van der Waals surface area (Å²) in [4.78, 5) is 0. The van der Waals surface area contributed by atoms with Gasteiger partial charge >= 0.3 is 0 Å². The monoisotopic (exact) mass is 402 g/mol. The van der Waals surface area contributed by atoms with E-state index in [0.717, 1.165) is 15.8 Å².